The Balaban J connectivity index is 1.33. The maximum Gasteiger partial charge on any atom is 0.287 e. The van der Waals surface area contributed by atoms with Gasteiger partial charge in [-0.1, -0.05) is 31.4 Å². The number of halogens is 1. The summed E-state index contributed by atoms with van der Waals surface area (Å²) in [4.78, 5) is 17.2. The van der Waals surface area contributed by atoms with Crippen molar-refractivity contribution >= 4 is 5.91 Å². The largest absolute Gasteiger partial charge is 0.455 e. The number of morpholine rings is 1. The zero-order chi connectivity index (χ0) is 22.2. The van der Waals surface area contributed by atoms with Gasteiger partial charge in [0, 0.05) is 38.8 Å². The molecule has 1 saturated carbocycles. The van der Waals surface area contributed by atoms with Crippen molar-refractivity contribution in [3.05, 3.63) is 59.3 Å². The molecule has 7 heteroatoms. The fraction of sp³-hybridized carbons (Fsp3) is 0.560. The minimum atomic E-state index is -0.215. The molecule has 2 aliphatic rings. The zero-order valence-electron chi connectivity index (χ0n) is 18.7. The van der Waals surface area contributed by atoms with Crippen LogP contribution in [-0.2, 0) is 17.8 Å². The highest BCUT2D eigenvalue weighted by atomic mass is 19.1. The quantitative estimate of drug-likeness (QED) is 0.639. The molecular formula is C25H34FN3O3. The monoisotopic (exact) mass is 443 g/mol. The number of benzene rings is 1. The molecule has 2 aromatic rings. The molecule has 0 unspecified atom stereocenters. The number of ether oxygens (including phenoxy) is 1. The summed E-state index contributed by atoms with van der Waals surface area (Å²) in [6.45, 7) is 6.12. The van der Waals surface area contributed by atoms with Crippen LogP contribution in [0.5, 0.6) is 0 Å². The lowest BCUT2D eigenvalue weighted by molar-refractivity contribution is 0.0382. The number of carbonyl (C=O) groups is 1. The standard InChI is InChI=1S/C25H34FN3O3/c26-21-8-6-20(7-9-21)18-29(22-4-2-1-3-5-22)19-23-10-11-24(32-23)25(30)27-12-13-28-14-16-31-17-15-28/h6-11,22H,1-5,12-19H2,(H,27,30). The molecule has 0 atom stereocenters. The number of furan rings is 1. The lowest BCUT2D eigenvalue weighted by Crippen LogP contribution is -2.41. The van der Waals surface area contributed by atoms with E-state index in [9.17, 15) is 9.18 Å². The molecule has 0 bridgehead atoms. The van der Waals surface area contributed by atoms with Crippen LogP contribution in [0.15, 0.2) is 40.8 Å². The molecule has 1 aliphatic heterocycles. The minimum absolute atomic E-state index is 0.174. The Labute approximate surface area is 189 Å². The lowest BCUT2D eigenvalue weighted by atomic mass is 9.93. The van der Waals surface area contributed by atoms with Gasteiger partial charge in [0.1, 0.15) is 11.6 Å². The highest BCUT2D eigenvalue weighted by Crippen LogP contribution is 2.26. The molecule has 0 spiro atoms. The molecule has 2 fully saturated rings. The molecule has 1 amide bonds. The molecule has 1 aromatic carbocycles. The second kappa shape index (κ2) is 11.6. The van der Waals surface area contributed by atoms with Gasteiger partial charge >= 0.3 is 0 Å². The summed E-state index contributed by atoms with van der Waals surface area (Å²) in [6, 6.07) is 10.9. The van der Waals surface area contributed by atoms with Crippen LogP contribution in [0.2, 0.25) is 0 Å². The second-order valence-corrected chi connectivity index (χ2v) is 8.80. The van der Waals surface area contributed by atoms with Gasteiger partial charge < -0.3 is 14.5 Å². The van der Waals surface area contributed by atoms with E-state index < -0.39 is 0 Å². The Hall–Kier alpha value is -2.22. The summed E-state index contributed by atoms with van der Waals surface area (Å²) < 4.78 is 24.6. The predicted molar refractivity (Wildman–Crippen MR) is 121 cm³/mol. The molecule has 0 radical (unpaired) electrons. The summed E-state index contributed by atoms with van der Waals surface area (Å²) in [5, 5.41) is 2.96. The van der Waals surface area contributed by atoms with E-state index in [0.717, 1.165) is 63.6 Å². The number of amides is 1. The number of carbonyl (C=O) groups excluding carboxylic acids is 1. The van der Waals surface area contributed by atoms with Gasteiger partial charge in [-0.15, -0.1) is 0 Å². The van der Waals surface area contributed by atoms with Crippen LogP contribution in [0.25, 0.3) is 0 Å². The van der Waals surface area contributed by atoms with Crippen LogP contribution >= 0.6 is 0 Å². The third kappa shape index (κ3) is 6.64. The van der Waals surface area contributed by atoms with Gasteiger partial charge in [-0.05, 0) is 42.7 Å². The molecule has 174 valence electrons. The summed E-state index contributed by atoms with van der Waals surface area (Å²) >= 11 is 0. The molecule has 2 heterocycles. The Morgan fingerprint density at radius 3 is 2.53 bits per heavy atom. The van der Waals surface area contributed by atoms with Crippen LogP contribution in [-0.4, -0.2) is 61.1 Å². The molecular weight excluding hydrogens is 409 g/mol. The first kappa shape index (κ1) is 23.0. The van der Waals surface area contributed by atoms with Crippen molar-refractivity contribution in [3.8, 4) is 0 Å². The predicted octanol–water partition coefficient (Wildman–Crippen LogP) is 3.82. The van der Waals surface area contributed by atoms with E-state index in [0.29, 0.717) is 24.9 Å². The highest BCUT2D eigenvalue weighted by Gasteiger charge is 2.23. The third-order valence-electron chi connectivity index (χ3n) is 6.45. The highest BCUT2D eigenvalue weighted by molar-refractivity contribution is 5.91. The normalized spacial score (nSPS) is 18.2. The van der Waals surface area contributed by atoms with Crippen molar-refractivity contribution < 1.29 is 18.3 Å². The van der Waals surface area contributed by atoms with E-state index in [2.05, 4.69) is 15.1 Å². The average molecular weight is 444 g/mol. The van der Waals surface area contributed by atoms with Gasteiger partial charge in [0.25, 0.3) is 5.91 Å². The average Bonchev–Trinajstić information content (AvgIpc) is 3.30. The van der Waals surface area contributed by atoms with E-state index in [1.165, 1.54) is 31.4 Å². The first-order valence-corrected chi connectivity index (χ1v) is 11.8. The van der Waals surface area contributed by atoms with Crippen molar-refractivity contribution in [1.29, 1.82) is 0 Å². The van der Waals surface area contributed by atoms with Gasteiger partial charge in [-0.2, -0.15) is 0 Å². The summed E-state index contributed by atoms with van der Waals surface area (Å²) in [6.07, 6.45) is 6.09. The fourth-order valence-corrected chi connectivity index (χ4v) is 4.61. The van der Waals surface area contributed by atoms with Crippen LogP contribution in [0, 0.1) is 5.82 Å². The van der Waals surface area contributed by atoms with E-state index in [1.54, 1.807) is 6.07 Å². The third-order valence-corrected chi connectivity index (χ3v) is 6.45. The van der Waals surface area contributed by atoms with Crippen molar-refractivity contribution in [2.24, 2.45) is 0 Å². The van der Waals surface area contributed by atoms with Crippen LogP contribution in [0.1, 0.15) is 54.0 Å². The fourth-order valence-electron chi connectivity index (χ4n) is 4.61. The lowest BCUT2D eigenvalue weighted by Gasteiger charge is -2.34. The van der Waals surface area contributed by atoms with Crippen molar-refractivity contribution in [2.75, 3.05) is 39.4 Å². The molecule has 6 nitrogen and oxygen atoms in total. The maximum absolute atomic E-state index is 13.3. The first-order chi connectivity index (χ1) is 15.7. The molecule has 1 aromatic heterocycles. The summed E-state index contributed by atoms with van der Waals surface area (Å²) in [7, 11) is 0. The number of hydrogen-bond acceptors (Lipinski definition) is 5. The van der Waals surface area contributed by atoms with Gasteiger partial charge in [0.15, 0.2) is 5.76 Å². The minimum Gasteiger partial charge on any atom is -0.455 e. The van der Waals surface area contributed by atoms with E-state index >= 15 is 0 Å². The first-order valence-electron chi connectivity index (χ1n) is 11.8. The Morgan fingerprint density at radius 1 is 1.03 bits per heavy atom. The van der Waals surface area contributed by atoms with Crippen LogP contribution in [0.4, 0.5) is 4.39 Å². The molecule has 1 aliphatic carbocycles. The number of nitrogens with zero attached hydrogens (tertiary/aromatic N) is 2. The molecule has 32 heavy (non-hydrogen) atoms. The second-order valence-electron chi connectivity index (χ2n) is 8.80. The molecule has 1 N–H and O–H groups in total. The Bertz CT molecular complexity index is 842. The van der Waals surface area contributed by atoms with Crippen molar-refractivity contribution in [2.45, 2.75) is 51.2 Å². The summed E-state index contributed by atoms with van der Waals surface area (Å²) in [5.41, 5.74) is 1.09. The zero-order valence-corrected chi connectivity index (χ0v) is 18.7. The maximum atomic E-state index is 13.3. The molecule has 1 saturated heterocycles. The van der Waals surface area contributed by atoms with E-state index in [-0.39, 0.29) is 11.7 Å². The van der Waals surface area contributed by atoms with Gasteiger partial charge in [0.05, 0.1) is 19.8 Å². The number of rotatable bonds is 9. The van der Waals surface area contributed by atoms with Crippen molar-refractivity contribution in [3.63, 3.8) is 0 Å². The van der Waals surface area contributed by atoms with Gasteiger partial charge in [-0.25, -0.2) is 4.39 Å². The summed E-state index contributed by atoms with van der Waals surface area (Å²) in [5.74, 6) is 0.754. The smallest absolute Gasteiger partial charge is 0.287 e. The van der Waals surface area contributed by atoms with Crippen LogP contribution < -0.4 is 5.32 Å². The Kier molecular flexibility index (Phi) is 8.31. The van der Waals surface area contributed by atoms with Gasteiger partial charge in [0.2, 0.25) is 0 Å². The molecule has 4 rings (SSSR count). The number of hydrogen-bond donors (Lipinski definition) is 1. The van der Waals surface area contributed by atoms with Gasteiger partial charge in [-0.3, -0.25) is 14.6 Å². The topological polar surface area (TPSA) is 58.0 Å². The van der Waals surface area contributed by atoms with E-state index in [1.807, 2.05) is 18.2 Å². The van der Waals surface area contributed by atoms with E-state index in [4.69, 9.17) is 9.15 Å². The Morgan fingerprint density at radius 2 is 1.78 bits per heavy atom. The van der Waals surface area contributed by atoms with Crippen molar-refractivity contribution in [1.82, 2.24) is 15.1 Å². The SMILES string of the molecule is O=C(NCCN1CCOCC1)c1ccc(CN(Cc2ccc(F)cc2)C2CCCCC2)o1. The number of nitrogens with one attached hydrogen (secondary N) is 1. The van der Waals surface area contributed by atoms with Crippen LogP contribution in [0.3, 0.4) is 0 Å².